The zero-order valence-corrected chi connectivity index (χ0v) is 9.93. The molecule has 4 nitrogen and oxygen atoms in total. The fraction of sp³-hybridized carbons (Fsp3) is 0.308. The third-order valence-corrected chi connectivity index (χ3v) is 2.08. The molecular formula is C13H16FNO3. The van der Waals surface area contributed by atoms with Gasteiger partial charge in [-0.2, -0.15) is 0 Å². The first-order valence-electron chi connectivity index (χ1n) is 5.62. The third kappa shape index (κ3) is 6.12. The fourth-order valence-electron chi connectivity index (χ4n) is 1.22. The molecule has 0 atom stereocenters. The fourth-order valence-corrected chi connectivity index (χ4v) is 1.22. The molecule has 0 aliphatic rings. The van der Waals surface area contributed by atoms with Crippen LogP contribution in [-0.4, -0.2) is 37.4 Å². The van der Waals surface area contributed by atoms with Crippen LogP contribution in [0.3, 0.4) is 0 Å². The molecule has 0 saturated carbocycles. The van der Waals surface area contributed by atoms with E-state index in [1.807, 2.05) is 0 Å². The summed E-state index contributed by atoms with van der Waals surface area (Å²) in [5.41, 5.74) is 0.753. The monoisotopic (exact) mass is 253 g/mol. The zero-order valence-electron chi connectivity index (χ0n) is 9.93. The first-order chi connectivity index (χ1) is 8.72. The number of nitrogens with one attached hydrogen (secondary N) is 1. The Morgan fingerprint density at radius 3 is 2.72 bits per heavy atom. The second-order valence-electron chi connectivity index (χ2n) is 3.51. The molecule has 0 bridgehead atoms. The van der Waals surface area contributed by atoms with Crippen LogP contribution in [0, 0.1) is 5.82 Å². The minimum atomic E-state index is -0.308. The van der Waals surface area contributed by atoms with Gasteiger partial charge in [-0.05, 0) is 23.8 Å². The lowest BCUT2D eigenvalue weighted by Crippen LogP contribution is -2.25. The summed E-state index contributed by atoms with van der Waals surface area (Å²) in [4.78, 5) is 11.3. The van der Waals surface area contributed by atoms with E-state index in [1.54, 1.807) is 18.2 Å². The largest absolute Gasteiger partial charge is 0.394 e. The summed E-state index contributed by atoms with van der Waals surface area (Å²) in [5.74, 6) is -0.551. The number of carbonyl (C=O) groups is 1. The van der Waals surface area contributed by atoms with Gasteiger partial charge in [-0.1, -0.05) is 12.1 Å². The number of aliphatic hydroxyl groups is 1. The molecule has 0 spiro atoms. The number of ether oxygens (including phenoxy) is 1. The van der Waals surface area contributed by atoms with Crippen molar-refractivity contribution in [2.24, 2.45) is 0 Å². The summed E-state index contributed by atoms with van der Waals surface area (Å²) in [6.07, 6.45) is 2.97. The van der Waals surface area contributed by atoms with Crippen LogP contribution in [0.1, 0.15) is 5.56 Å². The molecule has 0 radical (unpaired) electrons. The highest BCUT2D eigenvalue weighted by Crippen LogP contribution is 2.04. The van der Waals surface area contributed by atoms with Crippen LogP contribution < -0.4 is 5.32 Å². The van der Waals surface area contributed by atoms with Crippen molar-refractivity contribution in [3.63, 3.8) is 0 Å². The van der Waals surface area contributed by atoms with E-state index in [2.05, 4.69) is 5.32 Å². The number of aliphatic hydroxyl groups excluding tert-OH is 1. The van der Waals surface area contributed by atoms with Gasteiger partial charge >= 0.3 is 0 Å². The summed E-state index contributed by atoms with van der Waals surface area (Å²) >= 11 is 0. The van der Waals surface area contributed by atoms with Gasteiger partial charge in [0.05, 0.1) is 19.8 Å². The molecule has 1 rings (SSSR count). The standard InChI is InChI=1S/C13H16FNO3/c14-12-4-1-11(2-5-12)3-6-13(17)15-7-9-18-10-8-16/h1-6,16H,7-10H2,(H,15,17)/b6-3+. The summed E-state index contributed by atoms with van der Waals surface area (Å²) in [7, 11) is 0. The van der Waals surface area contributed by atoms with Crippen molar-refractivity contribution in [3.8, 4) is 0 Å². The van der Waals surface area contributed by atoms with Gasteiger partial charge in [0.15, 0.2) is 0 Å². The van der Waals surface area contributed by atoms with Gasteiger partial charge in [-0.25, -0.2) is 4.39 Å². The number of rotatable bonds is 7. The van der Waals surface area contributed by atoms with Gasteiger partial charge in [0.2, 0.25) is 5.91 Å². The average molecular weight is 253 g/mol. The predicted molar refractivity (Wildman–Crippen MR) is 66.3 cm³/mol. The van der Waals surface area contributed by atoms with Crippen molar-refractivity contribution in [2.45, 2.75) is 0 Å². The van der Waals surface area contributed by atoms with Crippen LogP contribution in [0.25, 0.3) is 6.08 Å². The quantitative estimate of drug-likeness (QED) is 0.562. The first-order valence-corrected chi connectivity index (χ1v) is 5.62. The van der Waals surface area contributed by atoms with Crippen molar-refractivity contribution in [1.82, 2.24) is 5.32 Å². The van der Waals surface area contributed by atoms with E-state index < -0.39 is 0 Å². The Morgan fingerprint density at radius 1 is 1.33 bits per heavy atom. The second kappa shape index (κ2) is 8.38. The maximum atomic E-state index is 12.6. The van der Waals surface area contributed by atoms with Crippen molar-refractivity contribution in [2.75, 3.05) is 26.4 Å². The molecule has 0 unspecified atom stereocenters. The normalized spacial score (nSPS) is 10.8. The third-order valence-electron chi connectivity index (χ3n) is 2.08. The summed E-state index contributed by atoms with van der Waals surface area (Å²) in [6.45, 7) is 0.975. The molecule has 0 saturated heterocycles. The Hall–Kier alpha value is -1.72. The highest BCUT2D eigenvalue weighted by molar-refractivity contribution is 5.91. The van der Waals surface area contributed by atoms with Crippen molar-refractivity contribution in [3.05, 3.63) is 41.7 Å². The SMILES string of the molecule is O=C(/C=C/c1ccc(F)cc1)NCCOCCO. The minimum absolute atomic E-state index is 0.0293. The summed E-state index contributed by atoms with van der Waals surface area (Å²) in [6, 6.07) is 5.84. The predicted octanol–water partition coefficient (Wildman–Crippen LogP) is 0.964. The van der Waals surface area contributed by atoms with Gasteiger partial charge in [-0.3, -0.25) is 4.79 Å². The lowest BCUT2D eigenvalue weighted by molar-refractivity contribution is -0.116. The van der Waals surface area contributed by atoms with Gasteiger partial charge in [0.1, 0.15) is 5.82 Å². The van der Waals surface area contributed by atoms with E-state index in [9.17, 15) is 9.18 Å². The van der Waals surface area contributed by atoms with Crippen LogP contribution in [0.15, 0.2) is 30.3 Å². The van der Waals surface area contributed by atoms with E-state index in [-0.39, 0.29) is 24.9 Å². The molecule has 0 aromatic heterocycles. The van der Waals surface area contributed by atoms with Crippen LogP contribution in [0.2, 0.25) is 0 Å². The van der Waals surface area contributed by atoms with Crippen molar-refractivity contribution < 1.29 is 19.0 Å². The van der Waals surface area contributed by atoms with Crippen LogP contribution in [-0.2, 0) is 9.53 Å². The van der Waals surface area contributed by atoms with E-state index in [0.29, 0.717) is 13.2 Å². The molecule has 0 fully saturated rings. The maximum Gasteiger partial charge on any atom is 0.244 e. The van der Waals surface area contributed by atoms with E-state index in [4.69, 9.17) is 9.84 Å². The van der Waals surface area contributed by atoms with Crippen LogP contribution in [0.5, 0.6) is 0 Å². The van der Waals surface area contributed by atoms with Crippen LogP contribution >= 0.6 is 0 Å². The maximum absolute atomic E-state index is 12.6. The number of hydrogen-bond donors (Lipinski definition) is 2. The van der Waals surface area contributed by atoms with Gasteiger partial charge in [0, 0.05) is 12.6 Å². The number of carbonyl (C=O) groups excluding carboxylic acids is 1. The Kier molecular flexibility index (Phi) is 6.68. The Balaban J connectivity index is 2.25. The number of amides is 1. The molecule has 1 aromatic carbocycles. The zero-order chi connectivity index (χ0) is 13.2. The van der Waals surface area contributed by atoms with E-state index >= 15 is 0 Å². The van der Waals surface area contributed by atoms with Gasteiger partial charge < -0.3 is 15.2 Å². The van der Waals surface area contributed by atoms with Gasteiger partial charge in [0.25, 0.3) is 0 Å². The molecule has 2 N–H and O–H groups in total. The number of halogens is 1. The molecule has 0 heterocycles. The number of benzene rings is 1. The molecule has 1 amide bonds. The molecular weight excluding hydrogens is 237 g/mol. The Morgan fingerprint density at radius 2 is 2.06 bits per heavy atom. The highest BCUT2D eigenvalue weighted by Gasteiger charge is 1.95. The molecule has 0 aliphatic heterocycles. The van der Waals surface area contributed by atoms with E-state index in [1.165, 1.54) is 18.2 Å². The van der Waals surface area contributed by atoms with E-state index in [0.717, 1.165) is 5.56 Å². The smallest absolute Gasteiger partial charge is 0.244 e. The van der Waals surface area contributed by atoms with Crippen LogP contribution in [0.4, 0.5) is 4.39 Å². The first kappa shape index (κ1) is 14.3. The Bertz CT molecular complexity index is 390. The summed E-state index contributed by atoms with van der Waals surface area (Å²) in [5, 5.41) is 11.1. The average Bonchev–Trinajstić information content (AvgIpc) is 2.38. The molecule has 1 aromatic rings. The summed E-state index contributed by atoms with van der Waals surface area (Å²) < 4.78 is 17.6. The van der Waals surface area contributed by atoms with Gasteiger partial charge in [-0.15, -0.1) is 0 Å². The molecule has 0 aliphatic carbocycles. The minimum Gasteiger partial charge on any atom is -0.394 e. The van der Waals surface area contributed by atoms with Crippen molar-refractivity contribution >= 4 is 12.0 Å². The number of hydrogen-bond acceptors (Lipinski definition) is 3. The second-order valence-corrected chi connectivity index (χ2v) is 3.51. The Labute approximate surface area is 105 Å². The molecule has 5 heteroatoms. The lowest BCUT2D eigenvalue weighted by Gasteiger charge is -2.02. The molecule has 98 valence electrons. The topological polar surface area (TPSA) is 58.6 Å². The molecule has 18 heavy (non-hydrogen) atoms. The lowest BCUT2D eigenvalue weighted by atomic mass is 10.2. The highest BCUT2D eigenvalue weighted by atomic mass is 19.1. The van der Waals surface area contributed by atoms with Crippen molar-refractivity contribution in [1.29, 1.82) is 0 Å².